The van der Waals surface area contributed by atoms with Crippen LogP contribution in [0.5, 0.6) is 0 Å². The Labute approximate surface area is 110 Å². The molecule has 2 fully saturated rings. The Morgan fingerprint density at radius 1 is 1.33 bits per heavy atom. The molecule has 2 unspecified atom stereocenters. The fourth-order valence-electron chi connectivity index (χ4n) is 3.19. The van der Waals surface area contributed by atoms with Crippen LogP contribution in [0.2, 0.25) is 0 Å². The number of rotatable bonds is 1. The molecule has 0 aromatic carbocycles. The van der Waals surface area contributed by atoms with E-state index >= 15 is 0 Å². The Kier molecular flexibility index (Phi) is 3.70. The quantitative estimate of drug-likeness (QED) is 0.772. The summed E-state index contributed by atoms with van der Waals surface area (Å²) in [6.07, 6.45) is 4.16. The molecular weight excluding hydrogens is 228 g/mol. The van der Waals surface area contributed by atoms with Crippen molar-refractivity contribution in [2.45, 2.75) is 57.6 Å². The molecule has 2 atom stereocenters. The van der Waals surface area contributed by atoms with Crippen LogP contribution >= 0.6 is 0 Å². The maximum Gasteiger partial charge on any atom is 0.227 e. The van der Waals surface area contributed by atoms with Gasteiger partial charge >= 0.3 is 0 Å². The molecular formula is C14H26N2O2. The third-order valence-electron chi connectivity index (χ3n) is 4.29. The summed E-state index contributed by atoms with van der Waals surface area (Å²) in [6.45, 7) is 8.12. The van der Waals surface area contributed by atoms with E-state index in [4.69, 9.17) is 10.5 Å². The Morgan fingerprint density at radius 2 is 2.06 bits per heavy atom. The Hall–Kier alpha value is -0.610. The number of morpholine rings is 1. The Balaban J connectivity index is 2.06. The lowest BCUT2D eigenvalue weighted by Gasteiger charge is -2.44. The molecule has 18 heavy (non-hydrogen) atoms. The molecule has 0 radical (unpaired) electrons. The van der Waals surface area contributed by atoms with Gasteiger partial charge in [0.2, 0.25) is 5.91 Å². The highest BCUT2D eigenvalue weighted by atomic mass is 16.5. The highest BCUT2D eigenvalue weighted by Crippen LogP contribution is 2.33. The van der Waals surface area contributed by atoms with Crippen LogP contribution in [0, 0.1) is 5.92 Å². The number of carbonyl (C=O) groups is 1. The van der Waals surface area contributed by atoms with Gasteiger partial charge in [0.15, 0.2) is 0 Å². The smallest absolute Gasteiger partial charge is 0.227 e. The highest BCUT2D eigenvalue weighted by Gasteiger charge is 2.41. The fourth-order valence-corrected chi connectivity index (χ4v) is 3.19. The molecule has 0 spiro atoms. The molecule has 0 aromatic heterocycles. The van der Waals surface area contributed by atoms with E-state index in [1.54, 1.807) is 0 Å². The maximum absolute atomic E-state index is 12.6. The lowest BCUT2D eigenvalue weighted by molar-refractivity contribution is -0.153. The van der Waals surface area contributed by atoms with Crippen LogP contribution in [0.25, 0.3) is 0 Å². The van der Waals surface area contributed by atoms with Crippen LogP contribution in [0.3, 0.4) is 0 Å². The monoisotopic (exact) mass is 254 g/mol. The zero-order chi connectivity index (χ0) is 13.4. The minimum Gasteiger partial charge on any atom is -0.372 e. The third kappa shape index (κ3) is 2.86. The van der Waals surface area contributed by atoms with Gasteiger partial charge in [0.1, 0.15) is 0 Å². The molecule has 1 aliphatic carbocycles. The number of amides is 1. The summed E-state index contributed by atoms with van der Waals surface area (Å²) in [4.78, 5) is 14.6. The van der Waals surface area contributed by atoms with Gasteiger partial charge in [-0.05, 0) is 33.6 Å². The first kappa shape index (κ1) is 13.8. The molecule has 0 aromatic rings. The SMILES string of the molecule is CC1(C)CN(C(=O)C2CCCCC2(C)N)CCO1. The first-order chi connectivity index (χ1) is 8.32. The average Bonchev–Trinajstić information content (AvgIpc) is 2.26. The summed E-state index contributed by atoms with van der Waals surface area (Å²) in [5, 5.41) is 0. The molecule has 0 bridgehead atoms. The predicted octanol–water partition coefficient (Wildman–Crippen LogP) is 1.53. The van der Waals surface area contributed by atoms with Gasteiger partial charge in [-0.25, -0.2) is 0 Å². The number of ether oxygens (including phenoxy) is 1. The second-order valence-corrected chi connectivity index (χ2v) is 6.67. The lowest BCUT2D eigenvalue weighted by atomic mass is 9.74. The summed E-state index contributed by atoms with van der Waals surface area (Å²) >= 11 is 0. The van der Waals surface area contributed by atoms with Crippen LogP contribution < -0.4 is 5.73 Å². The van der Waals surface area contributed by atoms with E-state index in [1.807, 2.05) is 25.7 Å². The molecule has 1 amide bonds. The average molecular weight is 254 g/mol. The molecule has 2 rings (SSSR count). The number of hydrogen-bond donors (Lipinski definition) is 1. The van der Waals surface area contributed by atoms with Crippen molar-refractivity contribution < 1.29 is 9.53 Å². The number of hydrogen-bond acceptors (Lipinski definition) is 3. The highest BCUT2D eigenvalue weighted by molar-refractivity contribution is 5.80. The van der Waals surface area contributed by atoms with E-state index in [2.05, 4.69) is 0 Å². The first-order valence-electron chi connectivity index (χ1n) is 7.03. The van der Waals surface area contributed by atoms with E-state index < -0.39 is 0 Å². The molecule has 1 aliphatic heterocycles. The minimum absolute atomic E-state index is 0.0138. The van der Waals surface area contributed by atoms with Crippen LogP contribution in [0.4, 0.5) is 0 Å². The normalized spacial score (nSPS) is 36.4. The molecule has 2 N–H and O–H groups in total. The van der Waals surface area contributed by atoms with Crippen LogP contribution in [-0.4, -0.2) is 41.6 Å². The van der Waals surface area contributed by atoms with E-state index in [1.165, 1.54) is 0 Å². The summed E-state index contributed by atoms with van der Waals surface area (Å²) in [5.41, 5.74) is 5.75. The van der Waals surface area contributed by atoms with Gasteiger partial charge in [0.25, 0.3) is 0 Å². The molecule has 104 valence electrons. The van der Waals surface area contributed by atoms with Gasteiger partial charge in [-0.1, -0.05) is 12.8 Å². The van der Waals surface area contributed by atoms with E-state index in [0.717, 1.165) is 25.7 Å². The van der Waals surface area contributed by atoms with Gasteiger partial charge in [0.05, 0.1) is 18.1 Å². The molecule has 1 saturated heterocycles. The van der Waals surface area contributed by atoms with Crippen LogP contribution in [0.15, 0.2) is 0 Å². The van der Waals surface area contributed by atoms with Crippen molar-refractivity contribution in [3.05, 3.63) is 0 Å². The molecule has 4 nitrogen and oxygen atoms in total. The van der Waals surface area contributed by atoms with Gasteiger partial charge in [0, 0.05) is 18.6 Å². The van der Waals surface area contributed by atoms with Crippen molar-refractivity contribution in [2.24, 2.45) is 11.7 Å². The van der Waals surface area contributed by atoms with Crippen molar-refractivity contribution in [3.63, 3.8) is 0 Å². The topological polar surface area (TPSA) is 55.6 Å². The predicted molar refractivity (Wildman–Crippen MR) is 71.2 cm³/mol. The number of nitrogens with two attached hydrogens (primary N) is 1. The number of nitrogens with zero attached hydrogens (tertiary/aromatic N) is 1. The van der Waals surface area contributed by atoms with Crippen molar-refractivity contribution in [1.29, 1.82) is 0 Å². The van der Waals surface area contributed by atoms with Gasteiger partial charge < -0.3 is 15.4 Å². The first-order valence-corrected chi connectivity index (χ1v) is 7.03. The Morgan fingerprint density at radius 3 is 2.67 bits per heavy atom. The summed E-state index contributed by atoms with van der Waals surface area (Å²) in [6, 6.07) is 0. The number of carbonyl (C=O) groups excluding carboxylic acids is 1. The zero-order valence-corrected chi connectivity index (χ0v) is 11.9. The minimum atomic E-state index is -0.336. The van der Waals surface area contributed by atoms with Crippen LogP contribution in [0.1, 0.15) is 46.5 Å². The molecule has 4 heteroatoms. The lowest BCUT2D eigenvalue weighted by Crippen LogP contribution is -2.58. The maximum atomic E-state index is 12.6. The van der Waals surface area contributed by atoms with Crippen molar-refractivity contribution in [3.8, 4) is 0 Å². The van der Waals surface area contributed by atoms with Gasteiger partial charge in [-0.3, -0.25) is 4.79 Å². The van der Waals surface area contributed by atoms with E-state index in [-0.39, 0.29) is 23.0 Å². The molecule has 1 saturated carbocycles. The van der Waals surface area contributed by atoms with Crippen LogP contribution in [-0.2, 0) is 9.53 Å². The largest absolute Gasteiger partial charge is 0.372 e. The molecule has 1 heterocycles. The third-order valence-corrected chi connectivity index (χ3v) is 4.29. The summed E-state index contributed by atoms with van der Waals surface area (Å²) in [7, 11) is 0. The second-order valence-electron chi connectivity index (χ2n) is 6.67. The molecule has 2 aliphatic rings. The van der Waals surface area contributed by atoms with E-state index in [9.17, 15) is 4.79 Å². The van der Waals surface area contributed by atoms with Crippen molar-refractivity contribution >= 4 is 5.91 Å². The van der Waals surface area contributed by atoms with E-state index in [0.29, 0.717) is 19.7 Å². The standard InChI is InChI=1S/C14H26N2O2/c1-13(2)10-16(8-9-18-13)12(17)11-6-4-5-7-14(11,3)15/h11H,4-10,15H2,1-3H3. The second kappa shape index (κ2) is 4.82. The summed E-state index contributed by atoms with van der Waals surface area (Å²) < 4.78 is 5.66. The van der Waals surface area contributed by atoms with Crippen molar-refractivity contribution in [1.82, 2.24) is 4.90 Å². The fraction of sp³-hybridized carbons (Fsp3) is 0.929. The zero-order valence-electron chi connectivity index (χ0n) is 11.9. The van der Waals surface area contributed by atoms with Gasteiger partial charge in [-0.15, -0.1) is 0 Å². The van der Waals surface area contributed by atoms with Crippen molar-refractivity contribution in [2.75, 3.05) is 19.7 Å². The Bertz CT molecular complexity index is 326. The van der Waals surface area contributed by atoms with Gasteiger partial charge in [-0.2, -0.15) is 0 Å². The summed E-state index contributed by atoms with van der Waals surface area (Å²) in [5.74, 6) is 0.219.